The van der Waals surface area contributed by atoms with Gasteiger partial charge in [-0.1, -0.05) is 29.8 Å². The lowest BCUT2D eigenvalue weighted by Gasteiger charge is -2.40. The summed E-state index contributed by atoms with van der Waals surface area (Å²) in [5, 5.41) is 9.26. The van der Waals surface area contributed by atoms with Crippen molar-refractivity contribution in [2.75, 3.05) is 24.5 Å². The van der Waals surface area contributed by atoms with Crippen molar-refractivity contribution >= 4 is 17.8 Å². The summed E-state index contributed by atoms with van der Waals surface area (Å²) in [4.78, 5) is 20.9. The topological polar surface area (TPSA) is 60.2 Å². The van der Waals surface area contributed by atoms with E-state index in [1.54, 1.807) is 24.4 Å². The minimum Gasteiger partial charge on any atom is -0.352 e. The van der Waals surface area contributed by atoms with Crippen LogP contribution in [0.25, 0.3) is 6.08 Å². The van der Waals surface area contributed by atoms with Crippen LogP contribution in [0, 0.1) is 18.3 Å². The van der Waals surface area contributed by atoms with Gasteiger partial charge >= 0.3 is 0 Å². The summed E-state index contributed by atoms with van der Waals surface area (Å²) >= 11 is 0. The second-order valence-corrected chi connectivity index (χ2v) is 6.56. The van der Waals surface area contributed by atoms with Crippen LogP contribution in [0.2, 0.25) is 0 Å². The summed E-state index contributed by atoms with van der Waals surface area (Å²) in [6.45, 7) is 6.00. The fourth-order valence-corrected chi connectivity index (χ4v) is 3.25. The highest BCUT2D eigenvalue weighted by Gasteiger charge is 2.27. The fourth-order valence-electron chi connectivity index (χ4n) is 3.25. The number of aromatic nitrogens is 1. The van der Waals surface area contributed by atoms with Crippen molar-refractivity contribution in [2.45, 2.75) is 19.9 Å². The van der Waals surface area contributed by atoms with E-state index in [0.29, 0.717) is 31.0 Å². The standard InChI is InChI=1S/C21H22N4O/c1-16-5-3-6-18(13-16)8-9-20(26)25-12-11-24(15-17(25)2)21-19(14-22)7-4-10-23-21/h3-10,13,17H,11-12,15H2,1-2H3/b9-8+/t17-/m1/s1. The SMILES string of the molecule is Cc1cccc(/C=C/C(=O)N2CCN(c3ncccc3C#N)C[C@H]2C)c1. The number of benzene rings is 1. The number of piperazine rings is 1. The van der Waals surface area contributed by atoms with E-state index in [1.807, 2.05) is 43.0 Å². The quantitative estimate of drug-likeness (QED) is 0.802. The Labute approximate surface area is 154 Å². The van der Waals surface area contributed by atoms with Crippen LogP contribution in [0.1, 0.15) is 23.6 Å². The number of carbonyl (C=O) groups excluding carboxylic acids is 1. The zero-order chi connectivity index (χ0) is 18.5. The van der Waals surface area contributed by atoms with Gasteiger partial charge in [-0.25, -0.2) is 4.98 Å². The van der Waals surface area contributed by atoms with E-state index in [4.69, 9.17) is 0 Å². The minimum atomic E-state index is 0.0141. The lowest BCUT2D eigenvalue weighted by Crippen LogP contribution is -2.54. The molecule has 3 rings (SSSR count). The molecule has 2 aromatic rings. The van der Waals surface area contributed by atoms with Crippen LogP contribution >= 0.6 is 0 Å². The molecule has 2 heterocycles. The molecule has 26 heavy (non-hydrogen) atoms. The van der Waals surface area contributed by atoms with Crippen LogP contribution in [0.5, 0.6) is 0 Å². The summed E-state index contributed by atoms with van der Waals surface area (Å²) in [5.41, 5.74) is 2.76. The van der Waals surface area contributed by atoms with E-state index < -0.39 is 0 Å². The predicted octanol–water partition coefficient (Wildman–Crippen LogP) is 3.01. The fraction of sp³-hybridized carbons (Fsp3) is 0.286. The molecular weight excluding hydrogens is 324 g/mol. The van der Waals surface area contributed by atoms with Gasteiger partial charge in [0.1, 0.15) is 11.9 Å². The summed E-state index contributed by atoms with van der Waals surface area (Å²) in [6.07, 6.45) is 5.20. The molecule has 5 heteroatoms. The molecule has 1 saturated heterocycles. The molecule has 1 fully saturated rings. The highest BCUT2D eigenvalue weighted by molar-refractivity contribution is 5.92. The van der Waals surface area contributed by atoms with E-state index >= 15 is 0 Å². The first-order chi connectivity index (χ1) is 12.6. The Bertz CT molecular complexity index is 868. The van der Waals surface area contributed by atoms with Gasteiger partial charge in [0.2, 0.25) is 5.91 Å². The van der Waals surface area contributed by atoms with Crippen LogP contribution in [-0.4, -0.2) is 41.5 Å². The van der Waals surface area contributed by atoms with E-state index in [-0.39, 0.29) is 11.9 Å². The third kappa shape index (κ3) is 3.92. The zero-order valence-electron chi connectivity index (χ0n) is 15.1. The van der Waals surface area contributed by atoms with E-state index in [0.717, 1.165) is 5.56 Å². The van der Waals surface area contributed by atoms with Crippen molar-refractivity contribution < 1.29 is 4.79 Å². The van der Waals surface area contributed by atoms with Gasteiger partial charge in [0.05, 0.1) is 5.56 Å². The Morgan fingerprint density at radius 2 is 2.15 bits per heavy atom. The van der Waals surface area contributed by atoms with Crippen LogP contribution in [0.15, 0.2) is 48.7 Å². The molecule has 1 aromatic carbocycles. The maximum absolute atomic E-state index is 12.6. The van der Waals surface area contributed by atoms with Crippen LogP contribution in [-0.2, 0) is 4.79 Å². The van der Waals surface area contributed by atoms with Gasteiger partial charge in [0.25, 0.3) is 0 Å². The largest absolute Gasteiger partial charge is 0.352 e. The maximum atomic E-state index is 12.6. The minimum absolute atomic E-state index is 0.0141. The van der Waals surface area contributed by atoms with E-state index in [1.165, 1.54) is 5.56 Å². The Kier molecular flexibility index (Phi) is 5.33. The maximum Gasteiger partial charge on any atom is 0.246 e. The molecule has 1 aliphatic heterocycles. The number of pyridine rings is 1. The first-order valence-electron chi connectivity index (χ1n) is 8.74. The van der Waals surface area contributed by atoms with Gasteiger partial charge in [-0.05, 0) is 37.6 Å². The van der Waals surface area contributed by atoms with Gasteiger partial charge in [-0.3, -0.25) is 4.79 Å². The lowest BCUT2D eigenvalue weighted by atomic mass is 10.1. The molecule has 0 spiro atoms. The number of amides is 1. The second kappa shape index (κ2) is 7.83. The second-order valence-electron chi connectivity index (χ2n) is 6.56. The van der Waals surface area contributed by atoms with Gasteiger partial charge in [0.15, 0.2) is 0 Å². The summed E-state index contributed by atoms with van der Waals surface area (Å²) in [5.74, 6) is 0.712. The first kappa shape index (κ1) is 17.7. The van der Waals surface area contributed by atoms with E-state index in [9.17, 15) is 10.1 Å². The molecule has 0 N–H and O–H groups in total. The molecule has 132 valence electrons. The number of nitriles is 1. The van der Waals surface area contributed by atoms with Crippen LogP contribution < -0.4 is 4.90 Å². The monoisotopic (exact) mass is 346 g/mol. The zero-order valence-corrected chi connectivity index (χ0v) is 15.1. The van der Waals surface area contributed by atoms with Gasteiger partial charge in [-0.15, -0.1) is 0 Å². The molecule has 1 atom stereocenters. The first-order valence-corrected chi connectivity index (χ1v) is 8.74. The predicted molar refractivity (Wildman–Crippen MR) is 103 cm³/mol. The molecule has 0 unspecified atom stereocenters. The number of nitrogens with zero attached hydrogens (tertiary/aromatic N) is 4. The van der Waals surface area contributed by atoms with Crippen molar-refractivity contribution in [2.24, 2.45) is 0 Å². The summed E-state index contributed by atoms with van der Waals surface area (Å²) < 4.78 is 0. The Balaban J connectivity index is 1.67. The number of carbonyl (C=O) groups is 1. The highest BCUT2D eigenvalue weighted by Crippen LogP contribution is 2.21. The van der Waals surface area contributed by atoms with Crippen molar-refractivity contribution in [3.8, 4) is 6.07 Å². The molecule has 0 bridgehead atoms. The van der Waals surface area contributed by atoms with Crippen LogP contribution in [0.4, 0.5) is 5.82 Å². The number of anilines is 1. The average Bonchev–Trinajstić information content (AvgIpc) is 2.66. The molecule has 0 aliphatic carbocycles. The number of hydrogen-bond donors (Lipinski definition) is 0. The highest BCUT2D eigenvalue weighted by atomic mass is 16.2. The Morgan fingerprint density at radius 1 is 1.31 bits per heavy atom. The average molecular weight is 346 g/mol. The van der Waals surface area contributed by atoms with Crippen molar-refractivity contribution in [1.82, 2.24) is 9.88 Å². The number of aryl methyl sites for hydroxylation is 1. The van der Waals surface area contributed by atoms with Gasteiger partial charge in [-0.2, -0.15) is 5.26 Å². The Hall–Kier alpha value is -3.13. The summed E-state index contributed by atoms with van der Waals surface area (Å²) in [6, 6.07) is 13.8. The third-order valence-corrected chi connectivity index (χ3v) is 4.58. The third-order valence-electron chi connectivity index (χ3n) is 4.58. The molecule has 1 aliphatic rings. The van der Waals surface area contributed by atoms with Gasteiger partial charge in [0, 0.05) is 37.9 Å². The molecule has 0 radical (unpaired) electrons. The molecule has 1 aromatic heterocycles. The molecule has 0 saturated carbocycles. The number of rotatable bonds is 3. The number of hydrogen-bond acceptors (Lipinski definition) is 4. The molecule has 1 amide bonds. The van der Waals surface area contributed by atoms with Gasteiger partial charge < -0.3 is 9.80 Å². The summed E-state index contributed by atoms with van der Waals surface area (Å²) in [7, 11) is 0. The normalized spacial score (nSPS) is 17.3. The lowest BCUT2D eigenvalue weighted by molar-refractivity contribution is -0.128. The smallest absolute Gasteiger partial charge is 0.246 e. The van der Waals surface area contributed by atoms with Crippen molar-refractivity contribution in [3.63, 3.8) is 0 Å². The van der Waals surface area contributed by atoms with Crippen molar-refractivity contribution in [3.05, 3.63) is 65.4 Å². The van der Waals surface area contributed by atoms with Crippen molar-refractivity contribution in [1.29, 1.82) is 5.26 Å². The van der Waals surface area contributed by atoms with Crippen LogP contribution in [0.3, 0.4) is 0 Å². The van der Waals surface area contributed by atoms with E-state index in [2.05, 4.69) is 22.0 Å². The molecule has 5 nitrogen and oxygen atoms in total. The molecular formula is C21H22N4O. The Morgan fingerprint density at radius 3 is 2.88 bits per heavy atom.